The van der Waals surface area contributed by atoms with Crippen LogP contribution in [0.1, 0.15) is 41.0 Å². The van der Waals surface area contributed by atoms with Gasteiger partial charge in [-0.3, -0.25) is 0 Å². The molecule has 1 fully saturated rings. The molecule has 1 saturated heterocycles. The molecule has 11 nitrogen and oxygen atoms in total. The van der Waals surface area contributed by atoms with Crippen molar-refractivity contribution in [2.45, 2.75) is 50.8 Å². The van der Waals surface area contributed by atoms with Crippen LogP contribution in [0, 0.1) is 0 Å². The van der Waals surface area contributed by atoms with E-state index in [0.29, 0.717) is 39.6 Å². The number of rotatable bonds is 18. The second-order valence-corrected chi connectivity index (χ2v) is 13.5. The molecule has 11 heteroatoms. The molecule has 3 atom stereocenters. The van der Waals surface area contributed by atoms with Gasteiger partial charge in [-0.15, -0.1) is 0 Å². The predicted octanol–water partition coefficient (Wildman–Crippen LogP) is 6.60. The van der Waals surface area contributed by atoms with E-state index < -0.39 is 18.3 Å². The molecular formula is C43H52N2O9. The molecule has 0 aromatic heterocycles. The van der Waals surface area contributed by atoms with Gasteiger partial charge in [0.15, 0.2) is 0 Å². The van der Waals surface area contributed by atoms with Gasteiger partial charge in [-0.05, 0) is 53.4 Å². The third-order valence-electron chi connectivity index (χ3n) is 9.73. The third kappa shape index (κ3) is 10.7. The highest BCUT2D eigenvalue weighted by Gasteiger charge is 2.40. The van der Waals surface area contributed by atoms with E-state index in [9.17, 15) is 9.90 Å². The maximum atomic E-state index is 13.3. The highest BCUT2D eigenvalue weighted by atomic mass is 16.6. The highest BCUT2D eigenvalue weighted by molar-refractivity contribution is 5.68. The van der Waals surface area contributed by atoms with Gasteiger partial charge in [0.1, 0.15) is 30.5 Å². The summed E-state index contributed by atoms with van der Waals surface area (Å²) < 4.78 is 40.7. The van der Waals surface area contributed by atoms with Crippen LogP contribution in [0.3, 0.4) is 0 Å². The summed E-state index contributed by atoms with van der Waals surface area (Å²) in [6, 6.07) is 31.2. The Morgan fingerprint density at radius 2 is 1.65 bits per heavy atom. The van der Waals surface area contributed by atoms with Crippen LogP contribution in [0.25, 0.3) is 0 Å². The number of carbonyl (C=O) groups is 1. The molecule has 0 aliphatic carbocycles. The number of methoxy groups -OCH3 is 2. The van der Waals surface area contributed by atoms with E-state index in [1.807, 2.05) is 91.0 Å². The largest absolute Gasteiger partial charge is 0.496 e. The van der Waals surface area contributed by atoms with Crippen LogP contribution >= 0.6 is 0 Å². The normalized spacial score (nSPS) is 18.1. The Kier molecular flexibility index (Phi) is 14.4. The van der Waals surface area contributed by atoms with E-state index in [1.165, 1.54) is 0 Å². The number of piperidine rings is 1. The molecule has 2 aliphatic rings. The van der Waals surface area contributed by atoms with Crippen molar-refractivity contribution in [2.75, 3.05) is 71.7 Å². The zero-order valence-corrected chi connectivity index (χ0v) is 31.3. The number of hydrogen-bond donors (Lipinski definition) is 1. The quantitative estimate of drug-likeness (QED) is 0.112. The number of anilines is 1. The van der Waals surface area contributed by atoms with Crippen LogP contribution in [0.15, 0.2) is 97.1 Å². The van der Waals surface area contributed by atoms with Gasteiger partial charge in [0, 0.05) is 38.2 Å². The lowest BCUT2D eigenvalue weighted by atomic mass is 9.84. The predicted molar refractivity (Wildman–Crippen MR) is 205 cm³/mol. The molecule has 0 bridgehead atoms. The van der Waals surface area contributed by atoms with Gasteiger partial charge < -0.3 is 48.1 Å². The maximum Gasteiger partial charge on any atom is 0.410 e. The summed E-state index contributed by atoms with van der Waals surface area (Å²) in [5, 5.41) is 11.6. The Morgan fingerprint density at radius 1 is 0.833 bits per heavy atom. The monoisotopic (exact) mass is 740 g/mol. The number of likely N-dealkylation sites (tertiary alicyclic amines) is 1. The zero-order valence-electron chi connectivity index (χ0n) is 31.3. The van der Waals surface area contributed by atoms with Gasteiger partial charge in [0.2, 0.25) is 0 Å². The van der Waals surface area contributed by atoms with Crippen LogP contribution < -0.4 is 19.1 Å². The van der Waals surface area contributed by atoms with Crippen molar-refractivity contribution in [3.63, 3.8) is 0 Å². The van der Waals surface area contributed by atoms with Gasteiger partial charge in [-0.1, -0.05) is 66.7 Å². The summed E-state index contributed by atoms with van der Waals surface area (Å²) in [6.07, 6.45) is -0.233. The number of carbonyl (C=O) groups excluding carboxylic acids is 1. The minimum Gasteiger partial charge on any atom is -0.496 e. The molecule has 4 aromatic rings. The summed E-state index contributed by atoms with van der Waals surface area (Å²) in [6.45, 7) is 5.34. The van der Waals surface area contributed by atoms with E-state index in [-0.39, 0.29) is 25.6 Å². The molecule has 4 aromatic carbocycles. The van der Waals surface area contributed by atoms with Gasteiger partial charge in [-0.2, -0.15) is 0 Å². The van der Waals surface area contributed by atoms with Crippen molar-refractivity contribution in [3.8, 4) is 17.2 Å². The fourth-order valence-corrected chi connectivity index (χ4v) is 6.93. The number of aliphatic hydroxyl groups excluding tert-OH is 1. The maximum absolute atomic E-state index is 13.3. The molecule has 288 valence electrons. The number of fused-ring (bicyclic) bond motifs is 1. The van der Waals surface area contributed by atoms with Crippen LogP contribution in [0.2, 0.25) is 0 Å². The Labute approximate surface area is 318 Å². The summed E-state index contributed by atoms with van der Waals surface area (Å²) >= 11 is 0. The molecule has 2 aliphatic heterocycles. The average Bonchev–Trinajstić information content (AvgIpc) is 3.21. The van der Waals surface area contributed by atoms with Crippen LogP contribution in [-0.2, 0) is 38.8 Å². The van der Waals surface area contributed by atoms with Crippen molar-refractivity contribution >= 4 is 11.8 Å². The number of amides is 1. The van der Waals surface area contributed by atoms with E-state index >= 15 is 0 Å². The first-order valence-corrected chi connectivity index (χ1v) is 18.7. The lowest BCUT2D eigenvalue weighted by Crippen LogP contribution is -2.53. The number of nitrogens with zero attached hydrogens (tertiary/aromatic N) is 2. The molecule has 0 spiro atoms. The zero-order chi connectivity index (χ0) is 37.5. The molecule has 1 N–H and O–H groups in total. The lowest BCUT2D eigenvalue weighted by molar-refractivity contribution is -0.0692. The number of hydrogen-bond acceptors (Lipinski definition) is 10. The van der Waals surface area contributed by atoms with Crippen LogP contribution in [0.4, 0.5) is 10.5 Å². The molecule has 0 radical (unpaired) electrons. The topological polar surface area (TPSA) is 108 Å². The van der Waals surface area contributed by atoms with Crippen molar-refractivity contribution in [2.24, 2.45) is 0 Å². The van der Waals surface area contributed by atoms with E-state index in [4.69, 9.17) is 33.2 Å². The number of ether oxygens (including phenoxy) is 7. The Balaban J connectivity index is 1.09. The van der Waals surface area contributed by atoms with Crippen molar-refractivity contribution < 1.29 is 43.1 Å². The molecule has 0 saturated carbocycles. The second kappa shape index (κ2) is 20.0. The average molecular weight is 741 g/mol. The lowest BCUT2D eigenvalue weighted by Gasteiger charge is -2.41. The Morgan fingerprint density at radius 3 is 2.46 bits per heavy atom. The van der Waals surface area contributed by atoms with E-state index in [1.54, 1.807) is 19.1 Å². The van der Waals surface area contributed by atoms with E-state index in [2.05, 4.69) is 11.0 Å². The van der Waals surface area contributed by atoms with Crippen LogP contribution in [0.5, 0.6) is 17.2 Å². The van der Waals surface area contributed by atoms with E-state index in [0.717, 1.165) is 71.1 Å². The summed E-state index contributed by atoms with van der Waals surface area (Å²) in [5.74, 6) is 2.01. The summed E-state index contributed by atoms with van der Waals surface area (Å²) in [5.41, 5.74) is 4.81. The van der Waals surface area contributed by atoms with Crippen molar-refractivity contribution in [1.29, 1.82) is 0 Å². The Bertz CT molecular complexity index is 1740. The Hall–Kier alpha value is -4.81. The SMILES string of the molecule is COCCCN1CCOc2ccc(CO[C@H]3CN(C(=O)OCc4ccccc4)C[C@@H](O)[C@@H]3c3ccc(OCCCOCc4ccccc4OC)cc3)cc21. The smallest absolute Gasteiger partial charge is 0.410 e. The molecular weight excluding hydrogens is 688 g/mol. The van der Waals surface area contributed by atoms with Gasteiger partial charge >= 0.3 is 6.09 Å². The second-order valence-electron chi connectivity index (χ2n) is 13.5. The number of benzene rings is 4. The number of aliphatic hydroxyl groups is 1. The minimum absolute atomic E-state index is 0.123. The fraction of sp³-hybridized carbons (Fsp3) is 0.419. The summed E-state index contributed by atoms with van der Waals surface area (Å²) in [4.78, 5) is 17.1. The van der Waals surface area contributed by atoms with Gasteiger partial charge in [0.05, 0.1) is 71.1 Å². The van der Waals surface area contributed by atoms with Gasteiger partial charge in [0.25, 0.3) is 0 Å². The molecule has 54 heavy (non-hydrogen) atoms. The number of β-amino-alcohol motifs (C(OH)–C–C–N with tert-alkyl or cyclic N) is 1. The summed E-state index contributed by atoms with van der Waals surface area (Å²) in [7, 11) is 3.37. The highest BCUT2D eigenvalue weighted by Crippen LogP contribution is 2.35. The number of para-hydroxylation sites is 1. The first-order valence-electron chi connectivity index (χ1n) is 18.7. The fourth-order valence-electron chi connectivity index (χ4n) is 6.93. The standard InChI is InChI=1S/C43H52N2O9/c1-48-22-8-20-44-21-25-52-40-19-14-33(26-37(40)44)30-53-41-28-45(43(47)54-29-32-10-4-3-5-11-32)27-38(46)42(41)34-15-17-36(18-16-34)51-24-9-23-50-31-35-12-6-7-13-39(35)49-2/h3-7,10-19,26,38,41-42,46H,8-9,20-25,27-31H2,1-2H3/t38-,41+,42+/m1/s1. The van der Waals surface area contributed by atoms with Crippen molar-refractivity contribution in [1.82, 2.24) is 4.90 Å². The molecule has 1 amide bonds. The third-order valence-corrected chi connectivity index (χ3v) is 9.73. The molecule has 0 unspecified atom stereocenters. The minimum atomic E-state index is -0.881. The first-order chi connectivity index (χ1) is 26.5. The molecule has 6 rings (SSSR count). The van der Waals surface area contributed by atoms with Crippen LogP contribution in [-0.4, -0.2) is 95.1 Å². The van der Waals surface area contributed by atoms with Gasteiger partial charge in [-0.25, -0.2) is 4.79 Å². The first kappa shape index (κ1) is 38.9. The molecule has 2 heterocycles. The van der Waals surface area contributed by atoms with Crippen molar-refractivity contribution in [3.05, 3.63) is 119 Å².